The summed E-state index contributed by atoms with van der Waals surface area (Å²) >= 11 is 0. The smallest absolute Gasteiger partial charge is 0.261 e. The molecule has 0 radical (unpaired) electrons. The van der Waals surface area contributed by atoms with Crippen molar-refractivity contribution in [3.05, 3.63) is 47.5 Å². The van der Waals surface area contributed by atoms with Crippen LogP contribution in [0.2, 0.25) is 0 Å². The van der Waals surface area contributed by atoms with Gasteiger partial charge in [0.2, 0.25) is 10.0 Å². The van der Waals surface area contributed by atoms with E-state index in [1.807, 2.05) is 6.07 Å². The molecule has 0 saturated heterocycles. The van der Waals surface area contributed by atoms with E-state index in [2.05, 4.69) is 4.72 Å². The van der Waals surface area contributed by atoms with Gasteiger partial charge in [0.05, 0.1) is 21.2 Å². The van der Waals surface area contributed by atoms with Crippen LogP contribution in [-0.4, -0.2) is 49.3 Å². The Kier molecular flexibility index (Phi) is 5.44. The number of hydrogen-bond acceptors (Lipinski definition) is 5. The third-order valence-corrected chi connectivity index (χ3v) is 8.03. The summed E-state index contributed by atoms with van der Waals surface area (Å²) in [7, 11) is -1.15. The predicted molar refractivity (Wildman–Crippen MR) is 111 cm³/mol. The lowest BCUT2D eigenvalue weighted by molar-refractivity contribution is 0.521. The van der Waals surface area contributed by atoms with Crippen LogP contribution < -0.4 is 9.62 Å². The zero-order chi connectivity index (χ0) is 20.7. The lowest BCUT2D eigenvalue weighted by Gasteiger charge is -2.20. The van der Waals surface area contributed by atoms with Gasteiger partial charge in [-0.15, -0.1) is 0 Å². The molecule has 0 heterocycles. The van der Waals surface area contributed by atoms with Gasteiger partial charge in [-0.25, -0.2) is 21.1 Å². The zero-order valence-electron chi connectivity index (χ0n) is 16.4. The van der Waals surface area contributed by atoms with Gasteiger partial charge >= 0.3 is 0 Å². The molecule has 0 spiro atoms. The van der Waals surface area contributed by atoms with E-state index in [9.17, 15) is 16.8 Å². The first-order chi connectivity index (χ1) is 13.0. The van der Waals surface area contributed by atoms with Crippen LogP contribution in [0, 0.1) is 0 Å². The van der Waals surface area contributed by atoms with Crippen molar-refractivity contribution in [2.75, 3.05) is 37.8 Å². The van der Waals surface area contributed by atoms with Crippen molar-refractivity contribution in [3.63, 3.8) is 0 Å². The number of hydrogen-bond donors (Lipinski definition) is 1. The maximum absolute atomic E-state index is 13.0. The highest BCUT2D eigenvalue weighted by molar-refractivity contribution is 7.92. The third-order valence-electron chi connectivity index (χ3n) is 4.85. The molecule has 2 aromatic carbocycles. The Balaban J connectivity index is 2.04. The second kappa shape index (κ2) is 7.38. The maximum atomic E-state index is 13.0. The number of benzene rings is 2. The molecule has 28 heavy (non-hydrogen) atoms. The van der Waals surface area contributed by atoms with Gasteiger partial charge < -0.3 is 4.90 Å². The molecule has 3 rings (SSSR count). The molecule has 1 aliphatic rings. The lowest BCUT2D eigenvalue weighted by atomic mass is 10.1. The highest BCUT2D eigenvalue weighted by Crippen LogP contribution is 2.31. The number of nitrogens with zero attached hydrogens (tertiary/aromatic N) is 2. The molecular formula is C19H25N3O4S2. The Labute approximate surface area is 167 Å². The van der Waals surface area contributed by atoms with Crippen molar-refractivity contribution < 1.29 is 16.8 Å². The van der Waals surface area contributed by atoms with E-state index < -0.39 is 20.0 Å². The van der Waals surface area contributed by atoms with Gasteiger partial charge in [0.1, 0.15) is 0 Å². The van der Waals surface area contributed by atoms with Gasteiger partial charge in [-0.2, -0.15) is 0 Å². The van der Waals surface area contributed by atoms with Crippen LogP contribution in [0.15, 0.2) is 46.2 Å². The highest BCUT2D eigenvalue weighted by atomic mass is 32.2. The van der Waals surface area contributed by atoms with E-state index in [1.54, 1.807) is 37.2 Å². The number of rotatable bonds is 6. The highest BCUT2D eigenvalue weighted by Gasteiger charge is 2.23. The minimum atomic E-state index is -3.86. The molecule has 0 saturated carbocycles. The van der Waals surface area contributed by atoms with Gasteiger partial charge in [0.15, 0.2) is 0 Å². The molecule has 7 nitrogen and oxygen atoms in total. The first-order valence-corrected chi connectivity index (χ1v) is 11.8. The largest absolute Gasteiger partial charge is 0.376 e. The quantitative estimate of drug-likeness (QED) is 0.770. The monoisotopic (exact) mass is 423 g/mol. The third kappa shape index (κ3) is 3.87. The van der Waals surface area contributed by atoms with Crippen molar-refractivity contribution in [3.8, 4) is 0 Å². The van der Waals surface area contributed by atoms with E-state index in [4.69, 9.17) is 0 Å². The van der Waals surface area contributed by atoms with Crippen LogP contribution >= 0.6 is 0 Å². The van der Waals surface area contributed by atoms with E-state index in [-0.39, 0.29) is 15.5 Å². The van der Waals surface area contributed by atoms with Gasteiger partial charge in [-0.1, -0.05) is 6.07 Å². The molecule has 0 fully saturated rings. The van der Waals surface area contributed by atoms with Crippen LogP contribution in [0.5, 0.6) is 0 Å². The Morgan fingerprint density at radius 2 is 1.46 bits per heavy atom. The number of anilines is 2. The summed E-state index contributed by atoms with van der Waals surface area (Å²) in [5.74, 6) is 0. The average Bonchev–Trinajstić information content (AvgIpc) is 3.08. The van der Waals surface area contributed by atoms with E-state index in [0.29, 0.717) is 5.69 Å². The average molecular weight is 424 g/mol. The Bertz CT molecular complexity index is 1110. The molecule has 0 aromatic heterocycles. The molecule has 9 heteroatoms. The Morgan fingerprint density at radius 3 is 2.11 bits per heavy atom. The standard InChI is InChI=1S/C19H25N3O4S2/c1-21(2)19-11-10-17(28(25,26)22(3)4)13-18(19)20-27(23,24)16-9-8-14-6-5-7-15(14)12-16/h8-13,20H,5-7H2,1-4H3. The molecule has 0 bridgehead atoms. The van der Waals surface area contributed by atoms with Crippen LogP contribution in [0.25, 0.3) is 0 Å². The fourth-order valence-corrected chi connectivity index (χ4v) is 5.32. The molecular weight excluding hydrogens is 398 g/mol. The second-order valence-corrected chi connectivity index (χ2v) is 11.1. The summed E-state index contributed by atoms with van der Waals surface area (Å²) in [5.41, 5.74) is 3.03. The molecule has 0 aliphatic heterocycles. The summed E-state index contributed by atoms with van der Waals surface area (Å²) in [5, 5.41) is 0. The van der Waals surface area contributed by atoms with E-state index in [0.717, 1.165) is 29.1 Å². The molecule has 2 aromatic rings. The maximum Gasteiger partial charge on any atom is 0.261 e. The van der Waals surface area contributed by atoms with Crippen molar-refractivity contribution in [1.82, 2.24) is 4.31 Å². The summed E-state index contributed by atoms with van der Waals surface area (Å²) < 4.78 is 54.6. The van der Waals surface area contributed by atoms with Crippen LogP contribution in [0.3, 0.4) is 0 Å². The van der Waals surface area contributed by atoms with E-state index >= 15 is 0 Å². The predicted octanol–water partition coefficient (Wildman–Crippen LogP) is 2.29. The van der Waals surface area contributed by atoms with Gasteiger partial charge in [0.25, 0.3) is 10.0 Å². The normalized spacial score (nSPS) is 14.2. The topological polar surface area (TPSA) is 86.8 Å². The molecule has 0 atom stereocenters. The number of fused-ring (bicyclic) bond motifs is 1. The lowest BCUT2D eigenvalue weighted by Crippen LogP contribution is -2.23. The zero-order valence-corrected chi connectivity index (χ0v) is 18.1. The van der Waals surface area contributed by atoms with Crippen molar-refractivity contribution in [2.45, 2.75) is 29.1 Å². The van der Waals surface area contributed by atoms with Crippen molar-refractivity contribution >= 4 is 31.4 Å². The molecule has 0 unspecified atom stereocenters. The van der Waals surface area contributed by atoms with Crippen LogP contribution in [-0.2, 0) is 32.9 Å². The Hall–Kier alpha value is -2.10. The minimum Gasteiger partial charge on any atom is -0.376 e. The fraction of sp³-hybridized carbons (Fsp3) is 0.368. The first kappa shape index (κ1) is 20.6. The second-order valence-electron chi connectivity index (χ2n) is 7.25. The number of aryl methyl sites for hydroxylation is 2. The van der Waals surface area contributed by atoms with Crippen LogP contribution in [0.1, 0.15) is 17.5 Å². The molecule has 152 valence electrons. The van der Waals surface area contributed by atoms with Gasteiger partial charge in [-0.3, -0.25) is 4.72 Å². The van der Waals surface area contributed by atoms with Gasteiger partial charge in [0, 0.05) is 28.2 Å². The summed E-state index contributed by atoms with van der Waals surface area (Å²) in [6.45, 7) is 0. The fourth-order valence-electron chi connectivity index (χ4n) is 3.28. The molecule has 1 aliphatic carbocycles. The summed E-state index contributed by atoms with van der Waals surface area (Å²) in [4.78, 5) is 1.93. The SMILES string of the molecule is CN(C)c1ccc(S(=O)(=O)N(C)C)cc1NS(=O)(=O)c1ccc2c(c1)CCC2. The number of sulfonamides is 2. The first-order valence-electron chi connectivity index (χ1n) is 8.91. The minimum absolute atomic E-state index is 0.0229. The molecule has 1 N–H and O–H groups in total. The number of nitrogens with one attached hydrogen (secondary N) is 1. The van der Waals surface area contributed by atoms with Crippen molar-refractivity contribution in [1.29, 1.82) is 0 Å². The van der Waals surface area contributed by atoms with Crippen molar-refractivity contribution in [2.24, 2.45) is 0 Å². The van der Waals surface area contributed by atoms with E-state index in [1.165, 1.54) is 31.8 Å². The Morgan fingerprint density at radius 1 is 0.821 bits per heavy atom. The van der Waals surface area contributed by atoms with Gasteiger partial charge in [-0.05, 0) is 60.7 Å². The molecule has 0 amide bonds. The summed E-state index contributed by atoms with van der Waals surface area (Å²) in [6.07, 6.45) is 2.87. The van der Waals surface area contributed by atoms with Crippen LogP contribution in [0.4, 0.5) is 11.4 Å². The summed E-state index contributed by atoms with van der Waals surface area (Å²) in [6, 6.07) is 9.59.